The van der Waals surface area contributed by atoms with Gasteiger partial charge in [-0.05, 0) is 44.1 Å². The van der Waals surface area contributed by atoms with Crippen LogP contribution in [0.4, 0.5) is 17.6 Å². The maximum Gasteiger partial charge on any atom is 0.317 e. The summed E-state index contributed by atoms with van der Waals surface area (Å²) in [6.07, 6.45) is 2.78. The molecule has 4 fully saturated rings. The van der Waals surface area contributed by atoms with Crippen molar-refractivity contribution in [3.63, 3.8) is 0 Å². The Labute approximate surface area is 241 Å². The van der Waals surface area contributed by atoms with Gasteiger partial charge in [0.15, 0.2) is 26.2 Å². The fourth-order valence-corrected chi connectivity index (χ4v) is 9.29. The minimum atomic E-state index is -1.81. The number of carboxylic acid groups (broad SMARTS) is 1. The number of aromatic carboxylic acids is 1. The summed E-state index contributed by atoms with van der Waals surface area (Å²) in [5.74, 6) is -6.60. The van der Waals surface area contributed by atoms with Gasteiger partial charge in [0, 0.05) is 54.3 Å². The first kappa shape index (κ1) is 28.3. The quantitative estimate of drug-likeness (QED) is 0.164. The van der Waals surface area contributed by atoms with E-state index in [1.165, 1.54) is 13.2 Å². The molecule has 4 bridgehead atoms. The van der Waals surface area contributed by atoms with Gasteiger partial charge in [-0.2, -0.15) is 0 Å². The monoisotopic (exact) mass is 600 g/mol. The molecule has 0 spiro atoms. The average Bonchev–Trinajstić information content (AvgIpc) is 2.90. The summed E-state index contributed by atoms with van der Waals surface area (Å²) in [6.45, 7) is 0. The van der Waals surface area contributed by atoms with E-state index in [2.05, 4.69) is 0 Å². The molecule has 4 aliphatic rings. The first-order valence-electron chi connectivity index (χ1n) is 13.3. The highest BCUT2D eigenvalue weighted by atomic mass is 32.2. The smallest absolute Gasteiger partial charge is 0.317 e. The van der Waals surface area contributed by atoms with Crippen molar-refractivity contribution in [2.45, 2.75) is 46.8 Å². The van der Waals surface area contributed by atoms with Crippen LogP contribution >= 0.6 is 0 Å². The van der Waals surface area contributed by atoms with Crippen LogP contribution in [-0.2, 0) is 20.5 Å². The Morgan fingerprint density at radius 1 is 0.810 bits per heavy atom. The molecular weight excluding hydrogens is 576 g/mol. The summed E-state index contributed by atoms with van der Waals surface area (Å²) < 4.78 is 68.7. The zero-order chi connectivity index (χ0) is 29.9. The molecule has 7 rings (SSSR count). The molecular formula is C31H24F4O6S. The summed E-state index contributed by atoms with van der Waals surface area (Å²) in [6, 6.07) is 7.13. The van der Waals surface area contributed by atoms with E-state index in [9.17, 15) is 37.1 Å². The maximum atomic E-state index is 14.4. The van der Waals surface area contributed by atoms with Crippen molar-refractivity contribution in [3.05, 3.63) is 77.4 Å². The topological polar surface area (TPSA) is 92.7 Å². The molecule has 3 aromatic rings. The predicted octanol–water partition coefficient (Wildman–Crippen LogP) is 5.01. The molecule has 4 aliphatic carbocycles. The number of Topliss-reactive ketones (excluding diaryl/α,β-unsaturated/α-hetero) is 1. The highest BCUT2D eigenvalue weighted by Crippen LogP contribution is 2.59. The lowest BCUT2D eigenvalue weighted by atomic mass is 9.49. The minimum Gasteiger partial charge on any atom is -0.545 e. The molecule has 0 heterocycles. The second kappa shape index (κ2) is 10.4. The molecule has 218 valence electrons. The summed E-state index contributed by atoms with van der Waals surface area (Å²) in [7, 11) is -0.576. The molecule has 4 saturated carbocycles. The van der Waals surface area contributed by atoms with Gasteiger partial charge < -0.3 is 19.4 Å². The molecule has 0 saturated heterocycles. The number of ketones is 1. The average molecular weight is 601 g/mol. The van der Waals surface area contributed by atoms with E-state index in [-0.39, 0.29) is 49.7 Å². The number of halogens is 4. The van der Waals surface area contributed by atoms with Crippen LogP contribution in [0.1, 0.15) is 42.5 Å². The molecule has 0 N–H and O–H groups in total. The van der Waals surface area contributed by atoms with Crippen molar-refractivity contribution in [2.75, 3.05) is 7.11 Å². The third kappa shape index (κ3) is 4.93. The molecule has 3 aromatic carbocycles. The molecule has 0 aliphatic heterocycles. The number of carbonyl (C=O) groups is 3. The van der Waals surface area contributed by atoms with E-state index in [1.54, 1.807) is 0 Å². The van der Waals surface area contributed by atoms with Gasteiger partial charge in [0.25, 0.3) is 0 Å². The van der Waals surface area contributed by atoms with Crippen LogP contribution in [0, 0.1) is 46.4 Å². The van der Waals surface area contributed by atoms with Gasteiger partial charge in [-0.15, -0.1) is 0 Å². The van der Waals surface area contributed by atoms with E-state index >= 15 is 0 Å². The van der Waals surface area contributed by atoms with Crippen LogP contribution in [0.3, 0.4) is 0 Å². The van der Waals surface area contributed by atoms with Crippen LogP contribution in [0.5, 0.6) is 11.5 Å². The fraction of sp³-hybridized carbons (Fsp3) is 0.323. The highest BCUT2D eigenvalue weighted by Gasteiger charge is 2.59. The van der Waals surface area contributed by atoms with E-state index in [0.29, 0.717) is 31.4 Å². The van der Waals surface area contributed by atoms with Crippen molar-refractivity contribution >= 4 is 28.6 Å². The van der Waals surface area contributed by atoms with E-state index in [0.717, 1.165) is 43.2 Å². The van der Waals surface area contributed by atoms with Crippen LogP contribution in [0.2, 0.25) is 0 Å². The molecule has 2 atom stereocenters. The van der Waals surface area contributed by atoms with Crippen molar-refractivity contribution in [2.24, 2.45) is 23.2 Å². The molecule has 6 nitrogen and oxygen atoms in total. The van der Waals surface area contributed by atoms with Crippen molar-refractivity contribution in [1.82, 2.24) is 0 Å². The van der Waals surface area contributed by atoms with E-state index in [1.807, 2.05) is 0 Å². The Bertz CT molecular complexity index is 1530. The SMILES string of the molecule is COc1cc(C(=O)[O-])c([S+](c2cc(F)cc(F)c2)c2cc(F)cc(F)c2)cc1OC(=O)C12CC3CC(C1)C(=O)C(C3)C2. The van der Waals surface area contributed by atoms with Crippen LogP contribution in [0.25, 0.3) is 0 Å². The second-order valence-corrected chi connectivity index (χ2v) is 13.2. The van der Waals surface area contributed by atoms with Gasteiger partial charge >= 0.3 is 5.97 Å². The maximum absolute atomic E-state index is 14.4. The lowest BCUT2D eigenvalue weighted by molar-refractivity contribution is -0.255. The number of ether oxygens (including phenoxy) is 2. The first-order valence-corrected chi connectivity index (χ1v) is 14.5. The Morgan fingerprint density at radius 2 is 1.33 bits per heavy atom. The van der Waals surface area contributed by atoms with Crippen molar-refractivity contribution < 1.29 is 46.5 Å². The minimum absolute atomic E-state index is 0.123. The standard InChI is InChI=1S/C31H24F4O6S/c1-40-25-10-24(29(37)38)27(42(22-6-18(32)4-19(33)7-22)23-8-20(34)5-21(35)9-23)11-26(25)41-30(39)31-12-15-2-16(13-31)28(36)17(3-15)14-31/h4-11,15-17H,2-3,12-14H2,1H3. The second-order valence-electron chi connectivity index (χ2n) is 11.2. The Balaban J connectivity index is 1.48. The molecule has 0 amide bonds. The zero-order valence-electron chi connectivity index (χ0n) is 22.3. The highest BCUT2D eigenvalue weighted by molar-refractivity contribution is 7.97. The van der Waals surface area contributed by atoms with E-state index < -0.39 is 57.1 Å². The summed E-state index contributed by atoms with van der Waals surface area (Å²) >= 11 is 0. The normalized spacial score (nSPS) is 24.2. The third-order valence-electron chi connectivity index (χ3n) is 8.48. The predicted molar refractivity (Wildman–Crippen MR) is 139 cm³/mol. The number of carboxylic acids is 1. The van der Waals surface area contributed by atoms with E-state index in [4.69, 9.17) is 9.47 Å². The fourth-order valence-electron chi connectivity index (χ4n) is 7.00. The molecule has 11 heteroatoms. The number of hydrogen-bond donors (Lipinski definition) is 0. The summed E-state index contributed by atoms with van der Waals surface area (Å²) in [4.78, 5) is 38.3. The van der Waals surface area contributed by atoms with Gasteiger partial charge in [-0.1, -0.05) is 0 Å². The number of benzene rings is 3. The van der Waals surface area contributed by atoms with Crippen LogP contribution < -0.4 is 14.6 Å². The van der Waals surface area contributed by atoms with Gasteiger partial charge in [0.05, 0.1) is 24.1 Å². The number of carbonyl (C=O) groups excluding carboxylic acids is 3. The number of methoxy groups -OCH3 is 1. The number of rotatable bonds is 7. The van der Waals surface area contributed by atoms with Gasteiger partial charge in [0.2, 0.25) is 0 Å². The Kier molecular flexibility index (Phi) is 7.03. The molecule has 42 heavy (non-hydrogen) atoms. The van der Waals surface area contributed by atoms with Crippen molar-refractivity contribution in [3.8, 4) is 11.5 Å². The van der Waals surface area contributed by atoms with Crippen LogP contribution in [0.15, 0.2) is 63.2 Å². The summed E-state index contributed by atoms with van der Waals surface area (Å²) in [5.41, 5.74) is -1.38. The lowest BCUT2D eigenvalue weighted by Crippen LogP contribution is -2.55. The third-order valence-corrected chi connectivity index (χ3v) is 10.7. The molecule has 0 radical (unpaired) electrons. The van der Waals surface area contributed by atoms with Gasteiger partial charge in [0.1, 0.15) is 39.9 Å². The number of hydrogen-bond acceptors (Lipinski definition) is 6. The first-order chi connectivity index (χ1) is 20.0. The Morgan fingerprint density at radius 3 is 1.81 bits per heavy atom. The van der Waals surface area contributed by atoms with Gasteiger partial charge in [-0.25, -0.2) is 17.6 Å². The lowest BCUT2D eigenvalue weighted by Gasteiger charge is -2.53. The number of esters is 1. The zero-order valence-corrected chi connectivity index (χ0v) is 23.1. The van der Waals surface area contributed by atoms with Gasteiger partial charge in [-0.3, -0.25) is 9.59 Å². The summed E-state index contributed by atoms with van der Waals surface area (Å²) in [5, 5.41) is 12.3. The Hall–Kier alpha value is -3.86. The largest absolute Gasteiger partial charge is 0.545 e. The van der Waals surface area contributed by atoms with Crippen LogP contribution in [-0.4, -0.2) is 24.8 Å². The molecule has 2 unspecified atom stereocenters. The van der Waals surface area contributed by atoms with Crippen molar-refractivity contribution in [1.29, 1.82) is 0 Å². The molecule has 0 aromatic heterocycles.